The first-order valence-electron chi connectivity index (χ1n) is 7.73. The predicted molar refractivity (Wildman–Crippen MR) is 88.9 cm³/mol. The summed E-state index contributed by atoms with van der Waals surface area (Å²) in [6.45, 7) is 6.70. The van der Waals surface area contributed by atoms with Crippen LogP contribution in [-0.4, -0.2) is 35.4 Å². The molecule has 3 rings (SSSR count). The third kappa shape index (κ3) is 3.03. The molecule has 1 N–H and O–H groups in total. The molecule has 0 bridgehead atoms. The number of carbonyl (C=O) groups excluding carboxylic acids is 1. The number of rotatable bonds is 5. The Hall–Kier alpha value is -3.03. The fraction of sp³-hybridized carbons (Fsp3) is 0.312. The van der Waals surface area contributed by atoms with E-state index in [-0.39, 0.29) is 12.3 Å². The number of hydrogen-bond donors (Lipinski definition) is 1. The Morgan fingerprint density at radius 1 is 1.33 bits per heavy atom. The minimum atomic E-state index is -0.157. The maximum absolute atomic E-state index is 12.4. The number of amides is 1. The van der Waals surface area contributed by atoms with E-state index in [1.165, 1.54) is 6.33 Å². The van der Waals surface area contributed by atoms with Crippen molar-refractivity contribution >= 4 is 11.9 Å². The predicted octanol–water partition coefficient (Wildman–Crippen LogP) is 1.68. The third-order valence-electron chi connectivity index (χ3n) is 3.89. The zero-order chi connectivity index (χ0) is 17.1. The van der Waals surface area contributed by atoms with Gasteiger partial charge >= 0.3 is 0 Å². The van der Waals surface area contributed by atoms with Gasteiger partial charge < -0.3 is 0 Å². The maximum Gasteiger partial charge on any atom is 0.235 e. The summed E-state index contributed by atoms with van der Waals surface area (Å²) in [5, 5.41) is 15.1. The quantitative estimate of drug-likeness (QED) is 0.770. The summed E-state index contributed by atoms with van der Waals surface area (Å²) in [6, 6.07) is 3.68. The molecule has 1 amide bonds. The van der Waals surface area contributed by atoms with E-state index in [1.54, 1.807) is 17.0 Å². The summed E-state index contributed by atoms with van der Waals surface area (Å²) >= 11 is 0. The number of nitrogens with one attached hydrogen (secondary N) is 1. The van der Waals surface area contributed by atoms with Crippen molar-refractivity contribution in [2.75, 3.05) is 5.32 Å². The van der Waals surface area contributed by atoms with Gasteiger partial charge in [0.25, 0.3) is 0 Å². The van der Waals surface area contributed by atoms with Crippen LogP contribution in [0.5, 0.6) is 0 Å². The first-order valence-corrected chi connectivity index (χ1v) is 7.73. The fourth-order valence-electron chi connectivity index (χ4n) is 2.63. The van der Waals surface area contributed by atoms with Gasteiger partial charge in [-0.15, -0.1) is 10.2 Å². The lowest BCUT2D eigenvalue weighted by Crippen LogP contribution is -2.18. The van der Waals surface area contributed by atoms with E-state index in [4.69, 9.17) is 0 Å². The molecule has 0 atom stereocenters. The molecule has 0 saturated carbocycles. The van der Waals surface area contributed by atoms with Crippen LogP contribution in [0.25, 0.3) is 5.69 Å². The van der Waals surface area contributed by atoms with Gasteiger partial charge in [0.05, 0.1) is 24.0 Å². The van der Waals surface area contributed by atoms with Crippen LogP contribution in [0.3, 0.4) is 0 Å². The molecule has 24 heavy (non-hydrogen) atoms. The van der Waals surface area contributed by atoms with Crippen LogP contribution in [0.2, 0.25) is 0 Å². The molecule has 0 radical (unpaired) electrons. The highest BCUT2D eigenvalue weighted by Gasteiger charge is 2.16. The summed E-state index contributed by atoms with van der Waals surface area (Å²) < 4.78 is 3.58. The van der Waals surface area contributed by atoms with Crippen molar-refractivity contribution in [3.05, 3.63) is 47.8 Å². The number of pyridine rings is 1. The lowest BCUT2D eigenvalue weighted by molar-refractivity contribution is -0.115. The Morgan fingerprint density at radius 2 is 2.17 bits per heavy atom. The van der Waals surface area contributed by atoms with Gasteiger partial charge in [-0.2, -0.15) is 5.10 Å². The average Bonchev–Trinajstić information content (AvgIpc) is 3.15. The van der Waals surface area contributed by atoms with Crippen LogP contribution in [0.4, 0.5) is 5.95 Å². The van der Waals surface area contributed by atoms with Crippen molar-refractivity contribution in [1.29, 1.82) is 0 Å². The Bertz CT molecular complexity index is 851. The van der Waals surface area contributed by atoms with Gasteiger partial charge in [0.15, 0.2) is 0 Å². The van der Waals surface area contributed by atoms with Crippen molar-refractivity contribution in [2.24, 2.45) is 0 Å². The number of nitrogens with zero attached hydrogens (tertiary/aromatic N) is 6. The van der Waals surface area contributed by atoms with Gasteiger partial charge in [-0.1, -0.05) is 0 Å². The van der Waals surface area contributed by atoms with E-state index in [0.717, 1.165) is 29.2 Å². The van der Waals surface area contributed by atoms with Crippen LogP contribution >= 0.6 is 0 Å². The van der Waals surface area contributed by atoms with Gasteiger partial charge in [0.2, 0.25) is 11.9 Å². The SMILES string of the molecule is CCn1nc(C)c(CC(=O)Nc2nncn2-c2cccnc2)c1C. The number of aryl methyl sites for hydroxylation is 2. The fourth-order valence-corrected chi connectivity index (χ4v) is 2.63. The zero-order valence-corrected chi connectivity index (χ0v) is 13.9. The molecule has 8 heteroatoms. The molecule has 0 saturated heterocycles. The first-order chi connectivity index (χ1) is 11.6. The molecular weight excluding hydrogens is 306 g/mol. The van der Waals surface area contributed by atoms with E-state index in [0.29, 0.717) is 5.95 Å². The van der Waals surface area contributed by atoms with Crippen LogP contribution in [-0.2, 0) is 17.8 Å². The molecule has 8 nitrogen and oxygen atoms in total. The highest BCUT2D eigenvalue weighted by atomic mass is 16.1. The lowest BCUT2D eigenvalue weighted by atomic mass is 10.1. The smallest absolute Gasteiger partial charge is 0.235 e. The van der Waals surface area contributed by atoms with Crippen molar-refractivity contribution < 1.29 is 4.79 Å². The second-order valence-corrected chi connectivity index (χ2v) is 5.43. The van der Waals surface area contributed by atoms with E-state index in [2.05, 4.69) is 25.6 Å². The molecule has 3 aromatic heterocycles. The molecule has 0 aliphatic rings. The highest BCUT2D eigenvalue weighted by molar-refractivity contribution is 5.91. The molecular formula is C16H19N7O. The van der Waals surface area contributed by atoms with Crippen molar-refractivity contribution in [1.82, 2.24) is 29.5 Å². The average molecular weight is 325 g/mol. The normalized spacial score (nSPS) is 10.8. The number of hydrogen-bond acceptors (Lipinski definition) is 5. The summed E-state index contributed by atoms with van der Waals surface area (Å²) in [5.41, 5.74) is 3.61. The Balaban J connectivity index is 1.77. The van der Waals surface area contributed by atoms with E-state index >= 15 is 0 Å². The van der Waals surface area contributed by atoms with Crippen LogP contribution < -0.4 is 5.32 Å². The second-order valence-electron chi connectivity index (χ2n) is 5.43. The third-order valence-corrected chi connectivity index (χ3v) is 3.89. The summed E-state index contributed by atoms with van der Waals surface area (Å²) in [4.78, 5) is 16.5. The molecule has 0 aromatic carbocycles. The lowest BCUT2D eigenvalue weighted by Gasteiger charge is -2.08. The Labute approximate surface area is 139 Å². The standard InChI is InChI=1S/C16H19N7O/c1-4-23-12(3)14(11(2)21-23)8-15(24)19-16-20-18-10-22(16)13-6-5-7-17-9-13/h5-7,9-10H,4,8H2,1-3H3,(H,19,20,24). The minimum Gasteiger partial charge on any atom is -0.294 e. The highest BCUT2D eigenvalue weighted by Crippen LogP contribution is 2.16. The van der Waals surface area contributed by atoms with Gasteiger partial charge in [0, 0.05) is 24.0 Å². The summed E-state index contributed by atoms with van der Waals surface area (Å²) in [5.74, 6) is 0.209. The van der Waals surface area contributed by atoms with Gasteiger partial charge in [-0.3, -0.25) is 24.3 Å². The van der Waals surface area contributed by atoms with E-state index in [9.17, 15) is 4.79 Å². The van der Waals surface area contributed by atoms with Crippen molar-refractivity contribution in [3.63, 3.8) is 0 Å². The molecule has 3 aromatic rings. The summed E-state index contributed by atoms with van der Waals surface area (Å²) in [6.07, 6.45) is 5.15. The van der Waals surface area contributed by atoms with Gasteiger partial charge in [0.1, 0.15) is 6.33 Å². The minimum absolute atomic E-state index is 0.157. The monoisotopic (exact) mass is 325 g/mol. The number of carbonyl (C=O) groups is 1. The molecule has 0 fully saturated rings. The summed E-state index contributed by atoms with van der Waals surface area (Å²) in [7, 11) is 0. The molecule has 3 heterocycles. The van der Waals surface area contributed by atoms with Gasteiger partial charge in [-0.05, 0) is 32.9 Å². The van der Waals surface area contributed by atoms with Gasteiger partial charge in [-0.25, -0.2) is 0 Å². The van der Waals surface area contributed by atoms with Crippen LogP contribution in [0.1, 0.15) is 23.9 Å². The Kier molecular flexibility index (Phi) is 4.37. The number of aromatic nitrogens is 6. The second kappa shape index (κ2) is 6.61. The molecule has 0 aliphatic carbocycles. The molecule has 124 valence electrons. The molecule has 0 unspecified atom stereocenters. The largest absolute Gasteiger partial charge is 0.294 e. The van der Waals surface area contributed by atoms with Crippen molar-refractivity contribution in [2.45, 2.75) is 33.7 Å². The van der Waals surface area contributed by atoms with Crippen molar-refractivity contribution in [3.8, 4) is 5.69 Å². The first kappa shape index (κ1) is 15.9. The number of anilines is 1. The van der Waals surface area contributed by atoms with Crippen LogP contribution in [0.15, 0.2) is 30.9 Å². The van der Waals surface area contributed by atoms with E-state index < -0.39 is 0 Å². The molecule has 0 spiro atoms. The molecule has 0 aliphatic heterocycles. The topological polar surface area (TPSA) is 90.5 Å². The maximum atomic E-state index is 12.4. The van der Waals surface area contributed by atoms with E-state index in [1.807, 2.05) is 37.6 Å². The Morgan fingerprint density at radius 3 is 2.83 bits per heavy atom. The zero-order valence-electron chi connectivity index (χ0n) is 13.9. The van der Waals surface area contributed by atoms with Crippen LogP contribution in [0, 0.1) is 13.8 Å².